The van der Waals surface area contributed by atoms with Gasteiger partial charge in [0.25, 0.3) is 11.8 Å². The second kappa shape index (κ2) is 6.99. The number of anilines is 2. The summed E-state index contributed by atoms with van der Waals surface area (Å²) in [6.07, 6.45) is 0. The Labute approximate surface area is 162 Å². The third kappa shape index (κ3) is 3.26. The van der Waals surface area contributed by atoms with Crippen LogP contribution in [0.5, 0.6) is 0 Å². The smallest absolute Gasteiger partial charge is 0.335 e. The van der Waals surface area contributed by atoms with Gasteiger partial charge in [0.2, 0.25) is 0 Å². The molecular formula is C17H9Cl3N2O4. The zero-order valence-corrected chi connectivity index (χ0v) is 15.1. The Balaban J connectivity index is 1.94. The summed E-state index contributed by atoms with van der Waals surface area (Å²) in [4.78, 5) is 37.0. The number of aromatic carboxylic acids is 1. The van der Waals surface area contributed by atoms with Gasteiger partial charge in [-0.15, -0.1) is 0 Å². The quantitative estimate of drug-likeness (QED) is 0.739. The lowest BCUT2D eigenvalue weighted by atomic mass is 10.2. The molecule has 0 saturated heterocycles. The van der Waals surface area contributed by atoms with Crippen LogP contribution in [0, 0.1) is 0 Å². The minimum absolute atomic E-state index is 0.0149. The highest BCUT2D eigenvalue weighted by atomic mass is 35.5. The van der Waals surface area contributed by atoms with E-state index in [2.05, 4.69) is 5.32 Å². The Morgan fingerprint density at radius 1 is 1.00 bits per heavy atom. The predicted octanol–water partition coefficient (Wildman–Crippen LogP) is 4.13. The lowest BCUT2D eigenvalue weighted by molar-refractivity contribution is -0.120. The summed E-state index contributed by atoms with van der Waals surface area (Å²) in [5.41, 5.74) is 0.273. The number of benzene rings is 2. The second-order valence-corrected chi connectivity index (χ2v) is 6.46. The van der Waals surface area contributed by atoms with Crippen LogP contribution in [0.25, 0.3) is 0 Å². The number of amides is 2. The van der Waals surface area contributed by atoms with Crippen molar-refractivity contribution in [2.75, 3.05) is 10.2 Å². The molecule has 1 aliphatic heterocycles. The first kappa shape index (κ1) is 18.3. The maximum absolute atomic E-state index is 12.7. The van der Waals surface area contributed by atoms with E-state index >= 15 is 0 Å². The van der Waals surface area contributed by atoms with E-state index in [0.29, 0.717) is 10.7 Å². The van der Waals surface area contributed by atoms with Crippen molar-refractivity contribution in [1.29, 1.82) is 0 Å². The molecule has 0 unspecified atom stereocenters. The number of halogens is 3. The van der Waals surface area contributed by atoms with Crippen LogP contribution in [0.15, 0.2) is 53.2 Å². The van der Waals surface area contributed by atoms with Crippen LogP contribution in [0.4, 0.5) is 11.4 Å². The lowest BCUT2D eigenvalue weighted by Gasteiger charge is -2.16. The van der Waals surface area contributed by atoms with Crippen molar-refractivity contribution in [3.63, 3.8) is 0 Å². The van der Waals surface area contributed by atoms with Gasteiger partial charge in [0.15, 0.2) is 0 Å². The van der Waals surface area contributed by atoms with E-state index < -0.39 is 17.8 Å². The summed E-state index contributed by atoms with van der Waals surface area (Å²) in [6.45, 7) is 0. The number of rotatable bonds is 4. The largest absolute Gasteiger partial charge is 0.478 e. The molecule has 2 aromatic rings. The molecule has 0 atom stereocenters. The number of imide groups is 1. The standard InChI is InChI=1S/C17H9Cl3N2O4/c18-9-4-5-12(11(19)7-9)22-15(23)13(20)14(16(22)24)21-10-3-1-2-8(6-10)17(25)26/h1-7,21H,(H,25,26). The van der Waals surface area contributed by atoms with Crippen LogP contribution in [0.2, 0.25) is 10.0 Å². The number of nitrogens with zero attached hydrogens (tertiary/aromatic N) is 1. The van der Waals surface area contributed by atoms with Crippen molar-refractivity contribution >= 4 is 64.0 Å². The number of carbonyl (C=O) groups is 3. The van der Waals surface area contributed by atoms with Gasteiger partial charge < -0.3 is 10.4 Å². The molecule has 3 rings (SSSR count). The Morgan fingerprint density at radius 3 is 2.38 bits per heavy atom. The van der Waals surface area contributed by atoms with Crippen LogP contribution in [-0.2, 0) is 9.59 Å². The maximum Gasteiger partial charge on any atom is 0.335 e. The van der Waals surface area contributed by atoms with Crippen molar-refractivity contribution in [2.24, 2.45) is 0 Å². The Kier molecular flexibility index (Phi) is 4.91. The molecule has 0 aliphatic carbocycles. The highest BCUT2D eigenvalue weighted by molar-refractivity contribution is 6.53. The predicted molar refractivity (Wildman–Crippen MR) is 98.9 cm³/mol. The molecule has 0 aromatic heterocycles. The number of hydrogen-bond acceptors (Lipinski definition) is 4. The molecule has 0 radical (unpaired) electrons. The Morgan fingerprint density at radius 2 is 1.73 bits per heavy atom. The van der Waals surface area contributed by atoms with Gasteiger partial charge in [-0.2, -0.15) is 0 Å². The molecule has 6 nitrogen and oxygen atoms in total. The maximum atomic E-state index is 12.7. The molecule has 0 fully saturated rings. The molecule has 0 bridgehead atoms. The summed E-state index contributed by atoms with van der Waals surface area (Å²) in [5.74, 6) is -2.60. The molecule has 1 heterocycles. The van der Waals surface area contributed by atoms with E-state index in [1.165, 1.54) is 36.4 Å². The average Bonchev–Trinajstić information content (AvgIpc) is 2.79. The molecule has 26 heavy (non-hydrogen) atoms. The van der Waals surface area contributed by atoms with Gasteiger partial charge in [0.05, 0.1) is 16.3 Å². The van der Waals surface area contributed by atoms with E-state index in [4.69, 9.17) is 39.9 Å². The van der Waals surface area contributed by atoms with Crippen molar-refractivity contribution in [1.82, 2.24) is 0 Å². The average molecular weight is 412 g/mol. The van der Waals surface area contributed by atoms with Gasteiger partial charge in [0, 0.05) is 10.7 Å². The van der Waals surface area contributed by atoms with Gasteiger partial charge in [-0.25, -0.2) is 9.69 Å². The monoisotopic (exact) mass is 410 g/mol. The van der Waals surface area contributed by atoms with Crippen LogP contribution in [0.1, 0.15) is 10.4 Å². The van der Waals surface area contributed by atoms with E-state index in [9.17, 15) is 14.4 Å². The first-order chi connectivity index (χ1) is 12.3. The molecule has 2 N–H and O–H groups in total. The number of carboxylic acids is 1. The van der Waals surface area contributed by atoms with Gasteiger partial charge in [-0.05, 0) is 36.4 Å². The molecule has 9 heteroatoms. The third-order valence-electron chi connectivity index (χ3n) is 3.56. The first-order valence-corrected chi connectivity index (χ1v) is 8.27. The Hall–Kier alpha value is -2.54. The van der Waals surface area contributed by atoms with Crippen LogP contribution < -0.4 is 10.2 Å². The fourth-order valence-corrected chi connectivity index (χ4v) is 3.07. The minimum Gasteiger partial charge on any atom is -0.478 e. The van der Waals surface area contributed by atoms with Crippen LogP contribution >= 0.6 is 34.8 Å². The van der Waals surface area contributed by atoms with Crippen molar-refractivity contribution in [3.05, 3.63) is 68.8 Å². The van der Waals surface area contributed by atoms with Crippen LogP contribution in [-0.4, -0.2) is 22.9 Å². The second-order valence-electron chi connectivity index (χ2n) is 5.24. The Bertz CT molecular complexity index is 988. The normalized spacial score (nSPS) is 14.2. The van der Waals surface area contributed by atoms with E-state index in [1.54, 1.807) is 6.07 Å². The SMILES string of the molecule is O=C(O)c1cccc(NC2=C(Cl)C(=O)N(c3ccc(Cl)cc3Cl)C2=O)c1. The van der Waals surface area contributed by atoms with E-state index in [0.717, 1.165) is 4.90 Å². The molecule has 0 saturated carbocycles. The van der Waals surface area contributed by atoms with Crippen molar-refractivity contribution < 1.29 is 19.5 Å². The van der Waals surface area contributed by atoms with Crippen molar-refractivity contribution in [3.8, 4) is 0 Å². The molecule has 2 amide bonds. The minimum atomic E-state index is -1.13. The zero-order valence-electron chi connectivity index (χ0n) is 12.8. The third-order valence-corrected chi connectivity index (χ3v) is 4.45. The lowest BCUT2D eigenvalue weighted by Crippen LogP contribution is -2.32. The van der Waals surface area contributed by atoms with E-state index in [-0.39, 0.29) is 27.0 Å². The van der Waals surface area contributed by atoms with Gasteiger partial charge >= 0.3 is 5.97 Å². The van der Waals surface area contributed by atoms with E-state index in [1.807, 2.05) is 0 Å². The topological polar surface area (TPSA) is 86.7 Å². The molecule has 132 valence electrons. The molecule has 2 aromatic carbocycles. The highest BCUT2D eigenvalue weighted by Gasteiger charge is 2.39. The fourth-order valence-electron chi connectivity index (χ4n) is 2.37. The number of carboxylic acid groups (broad SMARTS) is 1. The number of nitrogens with one attached hydrogen (secondary N) is 1. The van der Waals surface area contributed by atoms with Crippen molar-refractivity contribution in [2.45, 2.75) is 0 Å². The summed E-state index contributed by atoms with van der Waals surface area (Å²) in [6, 6.07) is 10.1. The molecular weight excluding hydrogens is 403 g/mol. The number of carbonyl (C=O) groups excluding carboxylic acids is 2. The van der Waals surface area contributed by atoms with Gasteiger partial charge in [-0.1, -0.05) is 40.9 Å². The molecule has 0 spiro atoms. The summed E-state index contributed by atoms with van der Waals surface area (Å²) < 4.78 is 0. The first-order valence-electron chi connectivity index (χ1n) is 7.13. The fraction of sp³-hybridized carbons (Fsp3) is 0. The highest BCUT2D eigenvalue weighted by Crippen LogP contribution is 2.35. The summed E-state index contributed by atoms with van der Waals surface area (Å²) in [5, 5.41) is 11.9. The zero-order chi connectivity index (χ0) is 19.0. The molecule has 1 aliphatic rings. The van der Waals surface area contributed by atoms with Crippen LogP contribution in [0.3, 0.4) is 0 Å². The van der Waals surface area contributed by atoms with Gasteiger partial charge in [-0.3, -0.25) is 9.59 Å². The van der Waals surface area contributed by atoms with Gasteiger partial charge in [0.1, 0.15) is 10.7 Å². The summed E-state index contributed by atoms with van der Waals surface area (Å²) >= 11 is 17.9. The summed E-state index contributed by atoms with van der Waals surface area (Å²) in [7, 11) is 0. The number of hydrogen-bond donors (Lipinski definition) is 2.